The molecular formula is C27H27BrClN3O4. The molecule has 0 aliphatic rings. The molecule has 7 nitrogen and oxygen atoms in total. The fourth-order valence-corrected chi connectivity index (χ4v) is 3.82. The van der Waals surface area contributed by atoms with Crippen LogP contribution in [0.15, 0.2) is 70.2 Å². The summed E-state index contributed by atoms with van der Waals surface area (Å²) in [5.74, 6) is 0.503. The third kappa shape index (κ3) is 8.70. The van der Waals surface area contributed by atoms with Crippen molar-refractivity contribution >= 4 is 51.2 Å². The van der Waals surface area contributed by atoms with Gasteiger partial charge in [-0.2, -0.15) is 5.10 Å². The normalized spacial score (nSPS) is 10.8. The maximum Gasteiger partial charge on any atom is 0.240 e. The van der Waals surface area contributed by atoms with Gasteiger partial charge in [-0.3, -0.25) is 9.59 Å². The van der Waals surface area contributed by atoms with E-state index in [-0.39, 0.29) is 24.7 Å². The Balaban J connectivity index is 1.53. The predicted molar refractivity (Wildman–Crippen MR) is 146 cm³/mol. The zero-order valence-corrected chi connectivity index (χ0v) is 22.4. The van der Waals surface area contributed by atoms with Crippen LogP contribution in [0.3, 0.4) is 0 Å². The summed E-state index contributed by atoms with van der Waals surface area (Å²) in [6, 6.07) is 18.4. The second-order valence-corrected chi connectivity index (χ2v) is 9.18. The van der Waals surface area contributed by atoms with Gasteiger partial charge in [0.15, 0.2) is 11.5 Å². The molecule has 0 unspecified atom stereocenters. The van der Waals surface area contributed by atoms with Crippen LogP contribution in [0, 0.1) is 6.92 Å². The Bertz CT molecular complexity index is 1210. The molecule has 3 aromatic carbocycles. The molecule has 0 bridgehead atoms. The summed E-state index contributed by atoms with van der Waals surface area (Å²) in [5, 5.41) is 7.43. The van der Waals surface area contributed by atoms with Gasteiger partial charge in [0, 0.05) is 23.6 Å². The molecule has 0 aliphatic carbocycles. The van der Waals surface area contributed by atoms with Gasteiger partial charge in [0.1, 0.15) is 6.61 Å². The number of amides is 2. The molecule has 0 aliphatic heterocycles. The highest BCUT2D eigenvalue weighted by Gasteiger charge is 2.13. The Labute approximate surface area is 224 Å². The van der Waals surface area contributed by atoms with Crippen molar-refractivity contribution < 1.29 is 19.1 Å². The van der Waals surface area contributed by atoms with Crippen molar-refractivity contribution in [3.8, 4) is 11.5 Å². The average Bonchev–Trinajstić information content (AvgIpc) is 2.85. The summed E-state index contributed by atoms with van der Waals surface area (Å²) < 4.78 is 12.4. The zero-order chi connectivity index (χ0) is 25.9. The number of carbonyl (C=O) groups excluding carboxylic acids is 2. The minimum absolute atomic E-state index is 0.0143. The van der Waals surface area contributed by atoms with Gasteiger partial charge in [-0.05, 0) is 77.3 Å². The second-order valence-electron chi connectivity index (χ2n) is 7.89. The van der Waals surface area contributed by atoms with Gasteiger partial charge in [0.05, 0.1) is 17.3 Å². The first-order chi connectivity index (χ1) is 17.3. The number of hydrogen-bond acceptors (Lipinski definition) is 5. The Hall–Kier alpha value is -3.36. The molecule has 0 heterocycles. The molecular weight excluding hydrogens is 546 g/mol. The largest absolute Gasteiger partial charge is 0.490 e. The van der Waals surface area contributed by atoms with Gasteiger partial charge in [-0.25, -0.2) is 5.43 Å². The van der Waals surface area contributed by atoms with Gasteiger partial charge in [-0.15, -0.1) is 0 Å². The van der Waals surface area contributed by atoms with Crippen molar-refractivity contribution in [1.29, 1.82) is 0 Å². The van der Waals surface area contributed by atoms with Crippen LogP contribution in [0.25, 0.3) is 0 Å². The number of aryl methyl sites for hydroxylation is 1. The standard InChI is InChI=1S/C27H27BrClN3O4/c1-3-35-24-15-20(14-23(28)27(24)36-17-19-6-8-21(29)9-7-19)16-30-32-26(34)13-12-25(33)31-22-10-4-18(2)5-11-22/h4-11,14-16H,3,12-13,17H2,1-2H3,(H,31,33)(H,32,34). The summed E-state index contributed by atoms with van der Waals surface area (Å²) in [6.45, 7) is 4.65. The molecule has 2 amide bonds. The number of ether oxygens (including phenoxy) is 2. The lowest BCUT2D eigenvalue weighted by Gasteiger charge is -2.14. The molecule has 0 atom stereocenters. The van der Waals surface area contributed by atoms with Crippen molar-refractivity contribution in [3.63, 3.8) is 0 Å². The summed E-state index contributed by atoms with van der Waals surface area (Å²) in [7, 11) is 0. The van der Waals surface area contributed by atoms with Crippen LogP contribution in [-0.4, -0.2) is 24.6 Å². The molecule has 3 aromatic rings. The lowest BCUT2D eigenvalue weighted by Crippen LogP contribution is -2.20. The van der Waals surface area contributed by atoms with Crippen molar-refractivity contribution in [1.82, 2.24) is 5.43 Å². The topological polar surface area (TPSA) is 89.0 Å². The smallest absolute Gasteiger partial charge is 0.240 e. The predicted octanol–water partition coefficient (Wildman–Crippen LogP) is 6.26. The lowest BCUT2D eigenvalue weighted by atomic mass is 10.2. The molecule has 2 N–H and O–H groups in total. The molecule has 0 aromatic heterocycles. The molecule has 36 heavy (non-hydrogen) atoms. The molecule has 0 fully saturated rings. The van der Waals surface area contributed by atoms with Crippen molar-refractivity contribution in [3.05, 3.63) is 86.8 Å². The third-order valence-corrected chi connectivity index (χ3v) is 5.79. The van der Waals surface area contributed by atoms with Crippen molar-refractivity contribution in [2.45, 2.75) is 33.3 Å². The van der Waals surface area contributed by atoms with Crippen LogP contribution in [-0.2, 0) is 16.2 Å². The first-order valence-electron chi connectivity index (χ1n) is 11.4. The lowest BCUT2D eigenvalue weighted by molar-refractivity contribution is -0.124. The van der Waals surface area contributed by atoms with E-state index in [1.165, 1.54) is 6.21 Å². The highest BCUT2D eigenvalue weighted by atomic mass is 79.9. The van der Waals surface area contributed by atoms with E-state index in [1.54, 1.807) is 6.07 Å². The summed E-state index contributed by atoms with van der Waals surface area (Å²) >= 11 is 9.47. The minimum atomic E-state index is -0.364. The van der Waals surface area contributed by atoms with E-state index in [2.05, 4.69) is 31.8 Å². The van der Waals surface area contributed by atoms with Crippen molar-refractivity contribution in [2.75, 3.05) is 11.9 Å². The number of hydrogen-bond donors (Lipinski definition) is 2. The molecule has 0 saturated carbocycles. The first kappa shape index (κ1) is 27.2. The number of rotatable bonds is 11. The summed E-state index contributed by atoms with van der Waals surface area (Å²) in [5.41, 5.74) is 5.91. The maximum atomic E-state index is 12.1. The number of benzene rings is 3. The minimum Gasteiger partial charge on any atom is -0.490 e. The van der Waals surface area contributed by atoms with Gasteiger partial charge in [0.2, 0.25) is 11.8 Å². The molecule has 3 rings (SSSR count). The Kier molecular flexibility index (Phi) is 10.3. The molecule has 0 radical (unpaired) electrons. The average molecular weight is 573 g/mol. The van der Waals surface area contributed by atoms with Crippen LogP contribution in [0.4, 0.5) is 5.69 Å². The highest BCUT2D eigenvalue weighted by Crippen LogP contribution is 2.37. The third-order valence-electron chi connectivity index (χ3n) is 4.95. The monoisotopic (exact) mass is 571 g/mol. The maximum absolute atomic E-state index is 12.1. The molecule has 0 spiro atoms. The van der Waals surface area contributed by atoms with Crippen LogP contribution >= 0.6 is 27.5 Å². The second kappa shape index (κ2) is 13.7. The Morgan fingerprint density at radius 1 is 1.00 bits per heavy atom. The van der Waals surface area contributed by atoms with Crippen LogP contribution in [0.1, 0.15) is 36.5 Å². The Morgan fingerprint density at radius 2 is 1.69 bits per heavy atom. The number of nitrogens with one attached hydrogen (secondary N) is 2. The first-order valence-corrected chi connectivity index (χ1v) is 12.5. The SMILES string of the molecule is CCOc1cc(C=NNC(=O)CCC(=O)Nc2ccc(C)cc2)cc(Br)c1OCc1ccc(Cl)cc1. The summed E-state index contributed by atoms with van der Waals surface area (Å²) in [4.78, 5) is 24.2. The molecule has 9 heteroatoms. The van der Waals surface area contributed by atoms with Crippen LogP contribution in [0.2, 0.25) is 5.02 Å². The van der Waals surface area contributed by atoms with E-state index in [9.17, 15) is 9.59 Å². The molecule has 188 valence electrons. The zero-order valence-electron chi connectivity index (χ0n) is 20.0. The van der Waals surface area contributed by atoms with Gasteiger partial charge in [-0.1, -0.05) is 41.4 Å². The Morgan fingerprint density at radius 3 is 2.39 bits per heavy atom. The van der Waals surface area contributed by atoms with E-state index < -0.39 is 0 Å². The van der Waals surface area contributed by atoms with E-state index in [0.717, 1.165) is 11.1 Å². The van der Waals surface area contributed by atoms with E-state index in [4.69, 9.17) is 21.1 Å². The fourth-order valence-electron chi connectivity index (χ4n) is 3.12. The fraction of sp³-hybridized carbons (Fsp3) is 0.222. The van der Waals surface area contributed by atoms with Crippen LogP contribution < -0.4 is 20.2 Å². The van der Waals surface area contributed by atoms with Gasteiger partial charge >= 0.3 is 0 Å². The van der Waals surface area contributed by atoms with Crippen LogP contribution in [0.5, 0.6) is 11.5 Å². The van der Waals surface area contributed by atoms with E-state index >= 15 is 0 Å². The summed E-state index contributed by atoms with van der Waals surface area (Å²) in [6.07, 6.45) is 1.57. The highest BCUT2D eigenvalue weighted by molar-refractivity contribution is 9.10. The molecule has 0 saturated heterocycles. The van der Waals surface area contributed by atoms with Gasteiger partial charge < -0.3 is 14.8 Å². The number of anilines is 1. The van der Waals surface area contributed by atoms with E-state index in [0.29, 0.717) is 45.5 Å². The van der Waals surface area contributed by atoms with E-state index in [1.807, 2.05) is 68.4 Å². The van der Waals surface area contributed by atoms with Crippen molar-refractivity contribution in [2.24, 2.45) is 5.10 Å². The number of hydrazone groups is 1. The number of carbonyl (C=O) groups is 2. The quantitative estimate of drug-likeness (QED) is 0.210. The van der Waals surface area contributed by atoms with Gasteiger partial charge in [0.25, 0.3) is 0 Å². The number of halogens is 2. The number of nitrogens with zero attached hydrogens (tertiary/aromatic N) is 1.